The maximum absolute atomic E-state index is 13.2. The van der Waals surface area contributed by atoms with E-state index in [9.17, 15) is 30.7 Å². The quantitative estimate of drug-likeness (QED) is 0.301. The highest BCUT2D eigenvalue weighted by Crippen LogP contribution is 2.49. The van der Waals surface area contributed by atoms with E-state index in [2.05, 4.69) is 11.3 Å². The summed E-state index contributed by atoms with van der Waals surface area (Å²) in [5.74, 6) is -11.5. The van der Waals surface area contributed by atoms with E-state index in [1.807, 2.05) is 6.92 Å². The standard InChI is InChI=1S/C12H17F7O/c1-3-5-6-7-8-9(13)10(14,15)11(16,17)12(18,19)20-4-2/h4,9H,2-3,5-8H2,1H3. The molecule has 1 atom stereocenters. The summed E-state index contributed by atoms with van der Waals surface area (Å²) in [4.78, 5) is 0. The van der Waals surface area contributed by atoms with Crippen molar-refractivity contribution in [3.63, 3.8) is 0 Å². The number of ether oxygens (including phenoxy) is 1. The van der Waals surface area contributed by atoms with E-state index in [1.165, 1.54) is 0 Å². The summed E-state index contributed by atoms with van der Waals surface area (Å²) in [6.07, 6.45) is -8.32. The molecule has 0 fully saturated rings. The van der Waals surface area contributed by atoms with Gasteiger partial charge in [0.15, 0.2) is 6.17 Å². The van der Waals surface area contributed by atoms with Gasteiger partial charge in [0.2, 0.25) is 0 Å². The Kier molecular flexibility index (Phi) is 6.83. The lowest BCUT2D eigenvalue weighted by Crippen LogP contribution is -2.58. The fourth-order valence-electron chi connectivity index (χ4n) is 1.50. The largest absolute Gasteiger partial charge is 0.470 e. The molecule has 0 rings (SSSR count). The second-order valence-electron chi connectivity index (χ2n) is 4.32. The molecule has 0 saturated heterocycles. The predicted octanol–water partition coefficient (Wildman–Crippen LogP) is 5.32. The molecule has 0 saturated carbocycles. The Morgan fingerprint density at radius 1 is 1.05 bits per heavy atom. The highest BCUT2D eigenvalue weighted by atomic mass is 19.4. The van der Waals surface area contributed by atoms with Crippen LogP contribution in [-0.4, -0.2) is 24.1 Å². The molecule has 0 heterocycles. The van der Waals surface area contributed by atoms with Crippen LogP contribution in [0.5, 0.6) is 0 Å². The van der Waals surface area contributed by atoms with Crippen LogP contribution in [0.25, 0.3) is 0 Å². The number of halogens is 7. The van der Waals surface area contributed by atoms with Gasteiger partial charge in [-0.25, -0.2) is 4.39 Å². The lowest BCUT2D eigenvalue weighted by atomic mass is 10.00. The number of hydrogen-bond acceptors (Lipinski definition) is 1. The van der Waals surface area contributed by atoms with Crippen LogP contribution in [0.3, 0.4) is 0 Å². The van der Waals surface area contributed by atoms with Crippen molar-refractivity contribution in [2.24, 2.45) is 0 Å². The number of alkyl halides is 7. The highest BCUT2D eigenvalue weighted by Gasteiger charge is 2.76. The van der Waals surface area contributed by atoms with Crippen LogP contribution in [-0.2, 0) is 4.74 Å². The Bertz CT molecular complexity index is 304. The molecule has 0 radical (unpaired) electrons. The fourth-order valence-corrected chi connectivity index (χ4v) is 1.50. The topological polar surface area (TPSA) is 9.23 Å². The van der Waals surface area contributed by atoms with Gasteiger partial charge in [0, 0.05) is 0 Å². The maximum Gasteiger partial charge on any atom is 0.470 e. The zero-order chi connectivity index (χ0) is 16.0. The average Bonchev–Trinajstić information content (AvgIpc) is 2.33. The lowest BCUT2D eigenvalue weighted by molar-refractivity contribution is -0.393. The zero-order valence-electron chi connectivity index (χ0n) is 11.0. The molecule has 0 amide bonds. The second-order valence-corrected chi connectivity index (χ2v) is 4.32. The van der Waals surface area contributed by atoms with Crippen molar-refractivity contribution in [1.82, 2.24) is 0 Å². The molecule has 1 nitrogen and oxygen atoms in total. The lowest BCUT2D eigenvalue weighted by Gasteiger charge is -2.33. The zero-order valence-corrected chi connectivity index (χ0v) is 11.0. The minimum Gasteiger partial charge on any atom is -0.436 e. The van der Waals surface area contributed by atoms with Gasteiger partial charge in [-0.1, -0.05) is 39.2 Å². The number of hydrogen-bond donors (Lipinski definition) is 0. The molecule has 0 bridgehead atoms. The Hall–Kier alpha value is -0.950. The molecule has 0 aliphatic heterocycles. The van der Waals surface area contributed by atoms with E-state index in [1.54, 1.807) is 0 Å². The molecular weight excluding hydrogens is 293 g/mol. The van der Waals surface area contributed by atoms with Gasteiger partial charge in [0.25, 0.3) is 0 Å². The predicted molar refractivity (Wildman–Crippen MR) is 59.8 cm³/mol. The van der Waals surface area contributed by atoms with Gasteiger partial charge in [-0.2, -0.15) is 26.3 Å². The monoisotopic (exact) mass is 310 g/mol. The molecular formula is C12H17F7O. The third-order valence-corrected chi connectivity index (χ3v) is 2.72. The molecule has 0 N–H and O–H groups in total. The van der Waals surface area contributed by atoms with E-state index in [4.69, 9.17) is 0 Å². The van der Waals surface area contributed by atoms with Crippen LogP contribution in [0.15, 0.2) is 12.8 Å². The van der Waals surface area contributed by atoms with Crippen LogP contribution >= 0.6 is 0 Å². The highest BCUT2D eigenvalue weighted by molar-refractivity contribution is 4.97. The Labute approximate surface area is 112 Å². The minimum atomic E-state index is -5.97. The summed E-state index contributed by atoms with van der Waals surface area (Å²) in [6.45, 7) is 4.39. The van der Waals surface area contributed by atoms with Gasteiger partial charge in [-0.15, -0.1) is 0 Å². The Balaban J connectivity index is 4.85. The fraction of sp³-hybridized carbons (Fsp3) is 0.833. The van der Waals surface area contributed by atoms with E-state index in [0.717, 1.165) is 6.42 Å². The average molecular weight is 310 g/mol. The summed E-state index contributed by atoms with van der Waals surface area (Å²) in [6, 6.07) is 0. The van der Waals surface area contributed by atoms with Gasteiger partial charge >= 0.3 is 18.0 Å². The summed E-state index contributed by atoms with van der Waals surface area (Å²) in [5.41, 5.74) is 0. The van der Waals surface area contributed by atoms with Crippen molar-refractivity contribution in [3.8, 4) is 0 Å². The summed E-state index contributed by atoms with van der Waals surface area (Å²) >= 11 is 0. The Morgan fingerprint density at radius 3 is 2.05 bits per heavy atom. The molecule has 0 aliphatic carbocycles. The molecule has 0 spiro atoms. The molecule has 120 valence electrons. The van der Waals surface area contributed by atoms with Crippen molar-refractivity contribution >= 4 is 0 Å². The number of rotatable bonds is 10. The van der Waals surface area contributed by atoms with Crippen molar-refractivity contribution in [2.45, 2.75) is 63.2 Å². The SMILES string of the molecule is C=COC(F)(F)C(F)(F)C(F)(F)C(F)CCCCCC. The summed E-state index contributed by atoms with van der Waals surface area (Å²) in [7, 11) is 0. The molecule has 0 aromatic carbocycles. The number of unbranched alkanes of at least 4 members (excludes halogenated alkanes) is 3. The van der Waals surface area contributed by atoms with E-state index >= 15 is 0 Å². The van der Waals surface area contributed by atoms with Crippen molar-refractivity contribution in [1.29, 1.82) is 0 Å². The van der Waals surface area contributed by atoms with Gasteiger partial charge in [0.1, 0.15) is 0 Å². The van der Waals surface area contributed by atoms with Gasteiger partial charge in [-0.3, -0.25) is 0 Å². The first-order valence-electron chi connectivity index (χ1n) is 6.10. The molecule has 8 heteroatoms. The van der Waals surface area contributed by atoms with Gasteiger partial charge < -0.3 is 4.74 Å². The molecule has 0 aromatic rings. The third-order valence-electron chi connectivity index (χ3n) is 2.72. The van der Waals surface area contributed by atoms with Gasteiger partial charge in [0.05, 0.1) is 6.26 Å². The first-order valence-corrected chi connectivity index (χ1v) is 6.10. The van der Waals surface area contributed by atoms with Crippen molar-refractivity contribution < 1.29 is 35.5 Å². The molecule has 0 aliphatic rings. The first kappa shape index (κ1) is 19.1. The molecule has 20 heavy (non-hydrogen) atoms. The second kappa shape index (κ2) is 7.17. The van der Waals surface area contributed by atoms with Crippen LogP contribution in [0.4, 0.5) is 30.7 Å². The van der Waals surface area contributed by atoms with Crippen molar-refractivity contribution in [2.75, 3.05) is 0 Å². The van der Waals surface area contributed by atoms with E-state index < -0.39 is 30.5 Å². The summed E-state index contributed by atoms with van der Waals surface area (Å²) < 4.78 is 94.5. The molecule has 0 aromatic heterocycles. The molecule has 1 unspecified atom stereocenters. The smallest absolute Gasteiger partial charge is 0.436 e. The van der Waals surface area contributed by atoms with Crippen LogP contribution in [0.1, 0.15) is 39.0 Å². The normalized spacial score (nSPS) is 15.0. The first-order chi connectivity index (χ1) is 9.04. The third kappa shape index (κ3) is 4.02. The van der Waals surface area contributed by atoms with E-state index in [0.29, 0.717) is 12.8 Å². The van der Waals surface area contributed by atoms with E-state index in [-0.39, 0.29) is 12.7 Å². The summed E-state index contributed by atoms with van der Waals surface area (Å²) in [5, 5.41) is 0. The van der Waals surface area contributed by atoms with Gasteiger partial charge in [-0.05, 0) is 6.42 Å². The van der Waals surface area contributed by atoms with Crippen LogP contribution in [0, 0.1) is 0 Å². The van der Waals surface area contributed by atoms with Crippen LogP contribution < -0.4 is 0 Å². The van der Waals surface area contributed by atoms with Crippen molar-refractivity contribution in [3.05, 3.63) is 12.8 Å². The Morgan fingerprint density at radius 2 is 1.60 bits per heavy atom. The minimum absolute atomic E-state index is 0.0887. The van der Waals surface area contributed by atoms with Crippen LogP contribution in [0.2, 0.25) is 0 Å². The maximum atomic E-state index is 13.2.